The molecule has 6 N–H and O–H groups in total. The fourth-order valence-corrected chi connectivity index (χ4v) is 8.63. The third kappa shape index (κ3) is 10.7. The van der Waals surface area contributed by atoms with E-state index in [2.05, 4.69) is 40.4 Å². The molecule has 4 heterocycles. The van der Waals surface area contributed by atoms with Gasteiger partial charge in [0.05, 0.1) is 22.5 Å². The number of hydrogen-bond donors (Lipinski definition) is 4. The van der Waals surface area contributed by atoms with Crippen LogP contribution in [0, 0.1) is 11.8 Å². The number of aromatic nitrogens is 4. The van der Waals surface area contributed by atoms with Gasteiger partial charge in [-0.3, -0.25) is 4.79 Å². The number of carbonyl (C=O) groups is 1. The molecule has 0 spiro atoms. The van der Waals surface area contributed by atoms with E-state index in [9.17, 15) is 4.79 Å². The van der Waals surface area contributed by atoms with Crippen LogP contribution in [-0.2, 0) is 4.79 Å². The Balaban J connectivity index is 0.811. The summed E-state index contributed by atoms with van der Waals surface area (Å²) < 4.78 is 11.9. The van der Waals surface area contributed by atoms with E-state index in [1.807, 2.05) is 109 Å². The number of anilines is 4. The lowest BCUT2D eigenvalue weighted by Crippen LogP contribution is -2.41. The molecule has 0 saturated carbocycles. The van der Waals surface area contributed by atoms with Gasteiger partial charge in [0.25, 0.3) is 0 Å². The molecular formula is C49H50Cl2N10O3. The van der Waals surface area contributed by atoms with Gasteiger partial charge in [0.1, 0.15) is 58.9 Å². The lowest BCUT2D eigenvalue weighted by Gasteiger charge is -2.37. The molecule has 2 aliphatic rings. The molecule has 6 aromatic rings. The number of nitrogens with two attached hydrogens (primary N) is 2. The second-order valence-electron chi connectivity index (χ2n) is 15.8. The van der Waals surface area contributed by atoms with Crippen molar-refractivity contribution in [3.63, 3.8) is 0 Å². The number of likely N-dealkylation sites (tertiary alicyclic amines) is 2. The highest BCUT2D eigenvalue weighted by molar-refractivity contribution is 6.31. The molecule has 13 nitrogen and oxygen atoms in total. The normalized spacial score (nSPS) is 15.2. The zero-order valence-electron chi connectivity index (χ0n) is 35.2. The van der Waals surface area contributed by atoms with Gasteiger partial charge in [-0.25, -0.2) is 19.9 Å². The van der Waals surface area contributed by atoms with E-state index >= 15 is 0 Å². The fourth-order valence-electron chi connectivity index (χ4n) is 8.16. The molecule has 2 aromatic heterocycles. The molecule has 0 aliphatic carbocycles. The van der Waals surface area contributed by atoms with E-state index in [0.29, 0.717) is 97.3 Å². The molecule has 0 atom stereocenters. The summed E-state index contributed by atoms with van der Waals surface area (Å²) in [5.41, 5.74) is 19.7. The lowest BCUT2D eigenvalue weighted by molar-refractivity contribution is -0.115. The first kappa shape index (κ1) is 43.8. The largest absolute Gasteiger partial charge is 0.457 e. The van der Waals surface area contributed by atoms with Crippen LogP contribution < -0.4 is 31.6 Å². The second kappa shape index (κ2) is 21.0. The van der Waals surface area contributed by atoms with Gasteiger partial charge in [-0.15, -0.1) is 0 Å². The number of para-hydroxylation sites is 2. The Bertz CT molecular complexity index is 2370. The maximum Gasteiger partial charge on any atom is 0.226 e. The molecule has 2 saturated heterocycles. The smallest absolute Gasteiger partial charge is 0.226 e. The van der Waals surface area contributed by atoms with Gasteiger partial charge in [-0.1, -0.05) is 83.9 Å². The first-order valence-corrected chi connectivity index (χ1v) is 22.2. The number of rotatable bonds is 16. The molecule has 4 aromatic carbocycles. The Morgan fingerprint density at radius 2 is 0.922 bits per heavy atom. The Kier molecular flexibility index (Phi) is 14.4. The molecule has 2 aliphatic heterocycles. The van der Waals surface area contributed by atoms with Crippen LogP contribution in [-0.4, -0.2) is 74.8 Å². The predicted molar refractivity (Wildman–Crippen MR) is 255 cm³/mol. The summed E-state index contributed by atoms with van der Waals surface area (Å²) >= 11 is 12.8. The number of carbonyl (C=O) groups excluding carboxylic acids is 1. The number of ketones is 1. The van der Waals surface area contributed by atoms with Crippen molar-refractivity contribution in [3.8, 4) is 45.3 Å². The second-order valence-corrected chi connectivity index (χ2v) is 16.2. The molecule has 0 bridgehead atoms. The molecule has 64 heavy (non-hydrogen) atoms. The summed E-state index contributed by atoms with van der Waals surface area (Å²) in [6.07, 6.45) is 6.34. The number of nitrogens with zero attached hydrogens (tertiary/aromatic N) is 6. The number of ether oxygens (including phenoxy) is 2. The summed E-state index contributed by atoms with van der Waals surface area (Å²) in [6.45, 7) is 4.04. The molecular weight excluding hydrogens is 848 g/mol. The monoisotopic (exact) mass is 896 g/mol. The standard InChI is InChI=1S/C49H50Cl2N10O3/c50-27-41(60-23-19-33(20-24-60)29-54-48-43(46(52)56-31-58-48)35-11-15-39(16-12-35)63-37-7-3-1-4-8-37)45(62)42(28-51)61-25-21-34(22-26-61)30-55-49-44(47(53)57-32-59-49)36-13-17-40(18-14-36)64-38-9-5-2-6-10-38/h1-18,27-28,31-34H,19-26,29-30H2,(H3,52,54,56,58)(H3,53,55,57,59). The van der Waals surface area contributed by atoms with Crippen LogP contribution >= 0.6 is 23.2 Å². The van der Waals surface area contributed by atoms with Gasteiger partial charge in [0.2, 0.25) is 5.78 Å². The number of benzene rings is 4. The Morgan fingerprint density at radius 3 is 1.28 bits per heavy atom. The Hall–Kier alpha value is -6.83. The van der Waals surface area contributed by atoms with Crippen molar-refractivity contribution in [3.05, 3.63) is 144 Å². The van der Waals surface area contributed by atoms with Gasteiger partial charge in [0, 0.05) is 50.3 Å². The average molecular weight is 898 g/mol. The minimum atomic E-state index is -0.180. The average Bonchev–Trinajstić information content (AvgIpc) is 3.33. The van der Waals surface area contributed by atoms with Crippen molar-refractivity contribution in [2.75, 3.05) is 61.4 Å². The topological polar surface area (TPSA) is 170 Å². The van der Waals surface area contributed by atoms with E-state index in [4.69, 9.17) is 44.1 Å². The summed E-state index contributed by atoms with van der Waals surface area (Å²) in [4.78, 5) is 35.8. The highest BCUT2D eigenvalue weighted by atomic mass is 35.5. The van der Waals surface area contributed by atoms with Crippen LogP contribution in [0.15, 0.2) is 144 Å². The molecule has 0 unspecified atom stereocenters. The maximum absolute atomic E-state index is 14.0. The quantitative estimate of drug-likeness (QED) is 0.0678. The van der Waals surface area contributed by atoms with Gasteiger partial charge in [0.15, 0.2) is 0 Å². The van der Waals surface area contributed by atoms with Crippen LogP contribution in [0.5, 0.6) is 23.0 Å². The molecule has 2 fully saturated rings. The van der Waals surface area contributed by atoms with Crippen molar-refractivity contribution >= 4 is 52.3 Å². The molecule has 15 heteroatoms. The van der Waals surface area contributed by atoms with Gasteiger partial charge >= 0.3 is 0 Å². The van der Waals surface area contributed by atoms with E-state index in [1.54, 1.807) is 0 Å². The highest BCUT2D eigenvalue weighted by Gasteiger charge is 2.30. The third-order valence-electron chi connectivity index (χ3n) is 11.7. The molecule has 0 amide bonds. The Labute approximate surface area is 383 Å². The minimum absolute atomic E-state index is 0.180. The van der Waals surface area contributed by atoms with Crippen LogP contribution in [0.25, 0.3) is 22.3 Å². The lowest BCUT2D eigenvalue weighted by atomic mass is 9.94. The molecule has 328 valence electrons. The molecule has 8 rings (SSSR count). The summed E-state index contributed by atoms with van der Waals surface area (Å²) in [6, 6.07) is 34.7. The number of Topliss-reactive ketones (excluding diaryl/α,β-unsaturated/α-hetero) is 1. The van der Waals surface area contributed by atoms with Crippen LogP contribution in [0.2, 0.25) is 0 Å². The zero-order chi connectivity index (χ0) is 44.3. The van der Waals surface area contributed by atoms with Gasteiger partial charge in [-0.05, 0) is 97.2 Å². The minimum Gasteiger partial charge on any atom is -0.457 e. The van der Waals surface area contributed by atoms with E-state index in [0.717, 1.165) is 59.4 Å². The number of hydrogen-bond acceptors (Lipinski definition) is 13. The Morgan fingerprint density at radius 1 is 0.562 bits per heavy atom. The van der Waals surface area contributed by atoms with Crippen molar-refractivity contribution in [2.24, 2.45) is 11.8 Å². The van der Waals surface area contributed by atoms with E-state index in [1.165, 1.54) is 23.7 Å². The maximum atomic E-state index is 14.0. The van der Waals surface area contributed by atoms with Crippen molar-refractivity contribution in [1.82, 2.24) is 29.7 Å². The summed E-state index contributed by atoms with van der Waals surface area (Å²) in [5, 5.41) is 7.06. The fraction of sp³-hybridized carbons (Fsp3) is 0.245. The van der Waals surface area contributed by atoms with Gasteiger partial charge in [-0.2, -0.15) is 0 Å². The number of halogens is 2. The zero-order valence-corrected chi connectivity index (χ0v) is 36.8. The SMILES string of the molecule is Nc1ncnc(NCC2CCN(C(=CCl)C(=O)C(=CCl)N3CCC(CNc4ncnc(N)c4-c4ccc(Oc5ccccc5)cc4)CC3)CC2)c1-c1ccc(Oc2ccccc2)cc1. The van der Waals surface area contributed by atoms with Crippen molar-refractivity contribution in [2.45, 2.75) is 25.7 Å². The van der Waals surface area contributed by atoms with E-state index in [-0.39, 0.29) is 5.78 Å². The molecule has 0 radical (unpaired) electrons. The number of nitrogen functional groups attached to an aromatic ring is 2. The van der Waals surface area contributed by atoms with Crippen LogP contribution in [0.3, 0.4) is 0 Å². The first-order chi connectivity index (χ1) is 31.4. The summed E-state index contributed by atoms with van der Waals surface area (Å²) in [7, 11) is 0. The number of piperidine rings is 2. The predicted octanol–water partition coefficient (Wildman–Crippen LogP) is 10.0. The summed E-state index contributed by atoms with van der Waals surface area (Å²) in [5.74, 6) is 5.55. The van der Waals surface area contributed by atoms with Crippen LogP contribution in [0.4, 0.5) is 23.3 Å². The highest BCUT2D eigenvalue weighted by Crippen LogP contribution is 2.36. The van der Waals surface area contributed by atoms with Crippen LogP contribution in [0.1, 0.15) is 25.7 Å². The van der Waals surface area contributed by atoms with Gasteiger partial charge < -0.3 is 41.4 Å². The number of nitrogens with one attached hydrogen (secondary N) is 2. The van der Waals surface area contributed by atoms with Crippen molar-refractivity contribution in [1.29, 1.82) is 0 Å². The van der Waals surface area contributed by atoms with Crippen molar-refractivity contribution < 1.29 is 14.3 Å². The first-order valence-electron chi connectivity index (χ1n) is 21.4. The van der Waals surface area contributed by atoms with E-state index < -0.39 is 0 Å². The third-order valence-corrected chi connectivity index (χ3v) is 12.1.